The molecule has 2 N–H and O–H groups in total. The van der Waals surface area contributed by atoms with Crippen LogP contribution in [0.3, 0.4) is 0 Å². The Balaban J connectivity index is 1.28. The van der Waals surface area contributed by atoms with Gasteiger partial charge in [0.2, 0.25) is 11.8 Å². The van der Waals surface area contributed by atoms with E-state index in [-0.39, 0.29) is 25.0 Å². The minimum absolute atomic E-state index is 0.0164. The average molecular weight is 628 g/mol. The zero-order valence-electron chi connectivity index (χ0n) is 26.3. The van der Waals surface area contributed by atoms with Crippen molar-refractivity contribution in [1.82, 2.24) is 0 Å². The number of aliphatic hydroxyl groups excluding tert-OH is 1. The van der Waals surface area contributed by atoms with Gasteiger partial charge in [-0.25, -0.2) is 0 Å². The Morgan fingerprint density at radius 1 is 0.745 bits per heavy atom. The Bertz CT molecular complexity index is 1920. The molecule has 3 heterocycles. The number of anilines is 5. The second-order valence-electron chi connectivity index (χ2n) is 12.5. The molecule has 0 saturated heterocycles. The molecule has 0 aromatic heterocycles. The summed E-state index contributed by atoms with van der Waals surface area (Å²) in [6, 6.07) is 28.7. The van der Waals surface area contributed by atoms with Gasteiger partial charge in [-0.2, -0.15) is 0 Å². The molecule has 7 rings (SSSR count). The zero-order chi connectivity index (χ0) is 32.7. The number of aryl methyl sites for hydroxylation is 2. The van der Waals surface area contributed by atoms with Gasteiger partial charge in [-0.3, -0.25) is 24.2 Å². The number of rotatable bonds is 8. The van der Waals surface area contributed by atoms with Crippen molar-refractivity contribution in [2.75, 3.05) is 21.3 Å². The van der Waals surface area contributed by atoms with Crippen molar-refractivity contribution >= 4 is 46.2 Å². The molecule has 2 atom stereocenters. The van der Waals surface area contributed by atoms with Crippen LogP contribution in [0.4, 0.5) is 28.4 Å². The first-order chi connectivity index (χ1) is 22.8. The molecule has 3 amide bonds. The van der Waals surface area contributed by atoms with E-state index >= 15 is 0 Å². The van der Waals surface area contributed by atoms with Crippen molar-refractivity contribution in [3.63, 3.8) is 0 Å². The summed E-state index contributed by atoms with van der Waals surface area (Å²) in [5.74, 6) is -1.13. The summed E-state index contributed by atoms with van der Waals surface area (Å²) in [5.41, 5.74) is 5.03. The summed E-state index contributed by atoms with van der Waals surface area (Å²) < 4.78 is 0. The minimum Gasteiger partial charge on any atom is -0.396 e. The second-order valence-corrected chi connectivity index (χ2v) is 12.5. The van der Waals surface area contributed by atoms with Gasteiger partial charge in [-0.15, -0.1) is 0 Å². The topological polar surface area (TPSA) is 101 Å². The third-order valence-electron chi connectivity index (χ3n) is 9.58. The summed E-state index contributed by atoms with van der Waals surface area (Å²) in [4.78, 5) is 45.8. The maximum atomic E-state index is 14.4. The molecule has 0 radical (unpaired) electrons. The van der Waals surface area contributed by atoms with Crippen LogP contribution in [0.1, 0.15) is 48.4 Å². The van der Waals surface area contributed by atoms with Gasteiger partial charge in [-0.05, 0) is 78.4 Å². The van der Waals surface area contributed by atoms with Gasteiger partial charge in [0.25, 0.3) is 5.91 Å². The Morgan fingerprint density at radius 2 is 1.36 bits per heavy atom. The molecule has 8 nitrogen and oxygen atoms in total. The maximum Gasteiger partial charge on any atom is 0.264 e. The maximum absolute atomic E-state index is 14.4. The Hall–Kier alpha value is -5.05. The van der Waals surface area contributed by atoms with E-state index in [1.807, 2.05) is 84.9 Å². The lowest BCUT2D eigenvalue weighted by molar-refractivity contribution is -0.139. The number of carbonyl (C=O) groups excluding carboxylic acids is 3. The first-order valence-corrected chi connectivity index (χ1v) is 16.2. The number of nitrogens with zero attached hydrogens (tertiary/aromatic N) is 3. The zero-order valence-corrected chi connectivity index (χ0v) is 26.3. The number of hydrogen-bond donors (Lipinski definition) is 2. The lowest BCUT2D eigenvalue weighted by Gasteiger charge is -2.31. The van der Waals surface area contributed by atoms with Crippen LogP contribution in [0, 0.1) is 5.92 Å². The van der Waals surface area contributed by atoms with Crippen molar-refractivity contribution in [1.29, 1.82) is 0 Å². The summed E-state index contributed by atoms with van der Waals surface area (Å²) in [6.45, 7) is 1.91. The molecule has 0 aliphatic carbocycles. The van der Waals surface area contributed by atoms with Gasteiger partial charge in [0.1, 0.15) is 0 Å². The summed E-state index contributed by atoms with van der Waals surface area (Å²) in [5, 5.41) is 21.7. The van der Waals surface area contributed by atoms with Crippen LogP contribution in [0.5, 0.6) is 0 Å². The van der Waals surface area contributed by atoms with Crippen LogP contribution >= 0.6 is 0 Å². The van der Waals surface area contributed by atoms with Gasteiger partial charge < -0.3 is 15.1 Å². The molecule has 238 valence electrons. The lowest BCUT2D eigenvalue weighted by atomic mass is 9.82. The monoisotopic (exact) mass is 627 g/mol. The Kier molecular flexibility index (Phi) is 7.99. The number of para-hydroxylation sites is 2. The fraction of sp³-hybridized carbons (Fsp3) is 0.256. The normalized spacial score (nSPS) is 19.6. The lowest BCUT2D eigenvalue weighted by Crippen LogP contribution is -2.44. The van der Waals surface area contributed by atoms with Crippen molar-refractivity contribution < 1.29 is 24.6 Å². The van der Waals surface area contributed by atoms with Crippen LogP contribution in [-0.2, 0) is 39.4 Å². The highest BCUT2D eigenvalue weighted by Gasteiger charge is 2.53. The number of aliphatic hydroxyl groups is 2. The van der Waals surface area contributed by atoms with Crippen molar-refractivity contribution in [3.8, 4) is 0 Å². The van der Waals surface area contributed by atoms with Crippen LogP contribution in [0.15, 0.2) is 103 Å². The standard InChI is InChI=1S/C39H37N3O5/c1-26(9-6-7-22-43)39(47)32-24-31(42-34-15-5-3-12-29(34)17-21-37(42)45)18-19-35(32)40(38(39)46)25-27-10-8-13-30(23-27)41-33-14-4-2-11-28(33)16-20-36(41)44/h2-6,8-15,18-19,23-24,26,43,47H,7,16-17,20-22,25H2,1H3/b9-6+/t26-,39+/m0/s1. The van der Waals surface area contributed by atoms with Gasteiger partial charge in [0.05, 0.1) is 23.6 Å². The smallest absolute Gasteiger partial charge is 0.264 e. The number of amides is 3. The van der Waals surface area contributed by atoms with Crippen molar-refractivity contribution in [2.45, 2.75) is 51.2 Å². The highest BCUT2D eigenvalue weighted by Crippen LogP contribution is 2.48. The van der Waals surface area contributed by atoms with Gasteiger partial charge >= 0.3 is 0 Å². The van der Waals surface area contributed by atoms with Gasteiger partial charge in [-0.1, -0.05) is 67.6 Å². The fourth-order valence-electron chi connectivity index (χ4n) is 7.14. The Morgan fingerprint density at radius 3 is 2.00 bits per heavy atom. The molecule has 4 aromatic rings. The van der Waals surface area contributed by atoms with Gasteiger partial charge in [0.15, 0.2) is 5.60 Å². The molecule has 0 saturated carbocycles. The predicted molar refractivity (Wildman–Crippen MR) is 182 cm³/mol. The molecule has 0 unspecified atom stereocenters. The van der Waals surface area contributed by atoms with E-state index in [0.717, 1.165) is 33.8 Å². The second kappa shape index (κ2) is 12.3. The van der Waals surface area contributed by atoms with E-state index in [9.17, 15) is 24.6 Å². The van der Waals surface area contributed by atoms with Crippen molar-refractivity contribution in [3.05, 3.63) is 125 Å². The van der Waals surface area contributed by atoms with Crippen molar-refractivity contribution in [2.24, 2.45) is 5.92 Å². The van der Waals surface area contributed by atoms with Gasteiger partial charge in [0, 0.05) is 42.3 Å². The van der Waals surface area contributed by atoms with E-state index in [4.69, 9.17) is 0 Å². The SMILES string of the molecule is C[C@@H](/C=C/CCO)[C@]1(O)C(=O)N(Cc2cccc(N3C(=O)CCc4ccccc43)c2)c2ccc(N3C(=O)CCc4ccccc43)cc21. The molecular formula is C39H37N3O5. The number of hydrogen-bond acceptors (Lipinski definition) is 5. The fourth-order valence-corrected chi connectivity index (χ4v) is 7.14. The molecular weight excluding hydrogens is 590 g/mol. The first kappa shape index (κ1) is 30.6. The quantitative estimate of drug-likeness (QED) is 0.226. The van der Waals surface area contributed by atoms with Crippen LogP contribution in [0.2, 0.25) is 0 Å². The van der Waals surface area contributed by atoms with E-state index in [1.165, 1.54) is 0 Å². The predicted octanol–water partition coefficient (Wildman–Crippen LogP) is 6.22. The largest absolute Gasteiger partial charge is 0.396 e. The third kappa shape index (κ3) is 5.23. The first-order valence-electron chi connectivity index (χ1n) is 16.2. The van der Waals surface area contributed by atoms with E-state index in [2.05, 4.69) is 0 Å². The highest BCUT2D eigenvalue weighted by molar-refractivity contribution is 6.09. The molecule has 3 aliphatic heterocycles. The minimum atomic E-state index is -1.91. The summed E-state index contributed by atoms with van der Waals surface area (Å²) in [7, 11) is 0. The van der Waals surface area contributed by atoms with Crippen LogP contribution in [0.25, 0.3) is 0 Å². The average Bonchev–Trinajstić information content (AvgIpc) is 3.30. The summed E-state index contributed by atoms with van der Waals surface area (Å²) >= 11 is 0. The number of fused-ring (bicyclic) bond motifs is 3. The molecule has 3 aliphatic rings. The molecule has 4 aromatic carbocycles. The molecule has 8 heteroatoms. The molecule has 0 bridgehead atoms. The number of benzene rings is 4. The molecule has 0 fully saturated rings. The van der Waals surface area contributed by atoms with E-state index in [0.29, 0.717) is 49.0 Å². The van der Waals surface area contributed by atoms with Crippen LogP contribution in [-0.4, -0.2) is 34.5 Å². The summed E-state index contributed by atoms with van der Waals surface area (Å²) in [6.07, 6.45) is 6.07. The number of carbonyl (C=O) groups is 3. The van der Waals surface area contributed by atoms with Crippen LogP contribution < -0.4 is 14.7 Å². The van der Waals surface area contributed by atoms with E-state index in [1.54, 1.807) is 39.8 Å². The Labute approximate surface area is 274 Å². The molecule has 0 spiro atoms. The van der Waals surface area contributed by atoms with E-state index < -0.39 is 17.4 Å². The molecule has 47 heavy (non-hydrogen) atoms. The third-order valence-corrected chi connectivity index (χ3v) is 9.58. The highest BCUT2D eigenvalue weighted by atomic mass is 16.3.